The highest BCUT2D eigenvalue weighted by Crippen LogP contribution is 2.48. The number of aryl methyl sites for hydroxylation is 2. The van der Waals surface area contributed by atoms with E-state index in [4.69, 9.17) is 9.05 Å². The van der Waals surface area contributed by atoms with Crippen LogP contribution in [0.3, 0.4) is 0 Å². The average Bonchev–Trinajstić information content (AvgIpc) is 2.60. The van der Waals surface area contributed by atoms with Crippen molar-refractivity contribution < 1.29 is 13.6 Å². The van der Waals surface area contributed by atoms with Gasteiger partial charge in [-0.15, -0.1) is 0 Å². The molecule has 128 valence electrons. The van der Waals surface area contributed by atoms with Crippen LogP contribution in [0, 0.1) is 13.8 Å². The summed E-state index contributed by atoms with van der Waals surface area (Å²) < 4.78 is 24.8. The normalized spacial score (nSPS) is 11.0. The molecule has 3 aromatic rings. The topological polar surface area (TPSA) is 47.6 Å². The molecule has 0 radical (unpaired) electrons. The van der Waals surface area contributed by atoms with Crippen molar-refractivity contribution in [1.82, 2.24) is 0 Å². The summed E-state index contributed by atoms with van der Waals surface area (Å²) in [7, 11) is -3.67. The SMILES string of the molecule is Cc1ccc(NP(=O)(Oc2ccccc2)Oc2ccccc2)cc1C. The van der Waals surface area contributed by atoms with E-state index in [0.717, 1.165) is 11.1 Å². The van der Waals surface area contributed by atoms with E-state index in [-0.39, 0.29) is 0 Å². The van der Waals surface area contributed by atoms with Crippen molar-refractivity contribution >= 4 is 13.4 Å². The van der Waals surface area contributed by atoms with Gasteiger partial charge in [0.1, 0.15) is 11.5 Å². The van der Waals surface area contributed by atoms with Crippen LogP contribution in [0.15, 0.2) is 78.9 Å². The monoisotopic (exact) mass is 353 g/mol. The first-order chi connectivity index (χ1) is 12.0. The molecule has 0 aliphatic heterocycles. The Morgan fingerprint density at radius 1 is 0.720 bits per heavy atom. The molecule has 5 heteroatoms. The third-order valence-electron chi connectivity index (χ3n) is 3.71. The maximum absolute atomic E-state index is 13.4. The first kappa shape index (κ1) is 17.1. The zero-order valence-electron chi connectivity index (χ0n) is 14.2. The number of anilines is 1. The standard InChI is InChI=1S/C20H20NO3P/c1-16-13-14-18(15-17(16)2)21-25(22,23-19-9-5-3-6-10-19)24-20-11-7-4-8-12-20/h3-15H,1-2H3,(H,21,22). The van der Waals surface area contributed by atoms with E-state index in [0.29, 0.717) is 17.2 Å². The second-order valence-corrected chi connectivity index (χ2v) is 7.30. The van der Waals surface area contributed by atoms with Crippen molar-refractivity contribution in [3.05, 3.63) is 90.0 Å². The molecule has 0 spiro atoms. The number of benzene rings is 3. The highest BCUT2D eigenvalue weighted by Gasteiger charge is 2.29. The number of hydrogen-bond donors (Lipinski definition) is 1. The summed E-state index contributed by atoms with van der Waals surface area (Å²) in [6.45, 7) is 4.03. The fourth-order valence-electron chi connectivity index (χ4n) is 2.27. The lowest BCUT2D eigenvalue weighted by Gasteiger charge is -2.21. The van der Waals surface area contributed by atoms with Crippen LogP contribution in [0.1, 0.15) is 11.1 Å². The highest BCUT2D eigenvalue weighted by atomic mass is 31.2. The Balaban J connectivity index is 1.90. The van der Waals surface area contributed by atoms with Gasteiger partial charge in [-0.05, 0) is 61.4 Å². The summed E-state index contributed by atoms with van der Waals surface area (Å²) in [6.07, 6.45) is 0. The van der Waals surface area contributed by atoms with Gasteiger partial charge in [-0.25, -0.2) is 4.57 Å². The van der Waals surface area contributed by atoms with Gasteiger partial charge in [-0.3, -0.25) is 5.09 Å². The molecule has 0 saturated carbocycles. The summed E-state index contributed by atoms with van der Waals surface area (Å²) in [6, 6.07) is 23.7. The number of rotatable bonds is 6. The number of para-hydroxylation sites is 2. The van der Waals surface area contributed by atoms with E-state index < -0.39 is 7.75 Å². The minimum absolute atomic E-state index is 0.470. The van der Waals surface area contributed by atoms with Gasteiger partial charge in [0, 0.05) is 5.69 Å². The predicted octanol–water partition coefficient (Wildman–Crippen LogP) is 5.98. The summed E-state index contributed by atoms with van der Waals surface area (Å²) in [5.41, 5.74) is 2.93. The van der Waals surface area contributed by atoms with Crippen LogP contribution in [0.2, 0.25) is 0 Å². The maximum atomic E-state index is 13.4. The molecule has 3 rings (SSSR count). The Morgan fingerprint density at radius 2 is 1.24 bits per heavy atom. The number of hydrogen-bond acceptors (Lipinski definition) is 3. The van der Waals surface area contributed by atoms with Gasteiger partial charge in [-0.2, -0.15) is 0 Å². The molecule has 0 saturated heterocycles. The second-order valence-electron chi connectivity index (χ2n) is 5.72. The molecule has 25 heavy (non-hydrogen) atoms. The molecule has 0 amide bonds. The lowest BCUT2D eigenvalue weighted by Crippen LogP contribution is -2.10. The van der Waals surface area contributed by atoms with Crippen LogP contribution in [-0.2, 0) is 4.57 Å². The van der Waals surface area contributed by atoms with Gasteiger partial charge in [0.2, 0.25) is 0 Å². The summed E-state index contributed by atoms with van der Waals surface area (Å²) in [4.78, 5) is 0. The van der Waals surface area contributed by atoms with Gasteiger partial charge >= 0.3 is 7.75 Å². The van der Waals surface area contributed by atoms with Crippen molar-refractivity contribution in [2.75, 3.05) is 5.09 Å². The van der Waals surface area contributed by atoms with Gasteiger partial charge in [0.25, 0.3) is 0 Å². The van der Waals surface area contributed by atoms with Gasteiger partial charge in [-0.1, -0.05) is 42.5 Å². The van der Waals surface area contributed by atoms with Crippen LogP contribution in [0.4, 0.5) is 5.69 Å². The minimum atomic E-state index is -3.67. The Hall–Kier alpha value is -2.71. The van der Waals surface area contributed by atoms with Crippen molar-refractivity contribution in [2.24, 2.45) is 0 Å². The quantitative estimate of drug-likeness (QED) is 0.554. The molecular formula is C20H20NO3P. The van der Waals surface area contributed by atoms with Crippen LogP contribution >= 0.6 is 7.75 Å². The first-order valence-corrected chi connectivity index (χ1v) is 9.53. The van der Waals surface area contributed by atoms with E-state index in [1.807, 2.05) is 68.4 Å². The zero-order valence-corrected chi connectivity index (χ0v) is 15.1. The van der Waals surface area contributed by atoms with Crippen molar-refractivity contribution in [1.29, 1.82) is 0 Å². The molecule has 4 nitrogen and oxygen atoms in total. The molecule has 0 aromatic heterocycles. The lowest BCUT2D eigenvalue weighted by atomic mass is 10.1. The van der Waals surface area contributed by atoms with Crippen LogP contribution < -0.4 is 14.1 Å². The van der Waals surface area contributed by atoms with Crippen LogP contribution in [0.5, 0.6) is 11.5 Å². The zero-order chi connectivity index (χ0) is 17.7. The lowest BCUT2D eigenvalue weighted by molar-refractivity contribution is 0.393. The van der Waals surface area contributed by atoms with Gasteiger partial charge < -0.3 is 9.05 Å². The Kier molecular flexibility index (Phi) is 5.11. The van der Waals surface area contributed by atoms with Crippen molar-refractivity contribution in [3.63, 3.8) is 0 Å². The van der Waals surface area contributed by atoms with E-state index in [9.17, 15) is 4.57 Å². The molecule has 0 fully saturated rings. The van der Waals surface area contributed by atoms with Crippen LogP contribution in [0.25, 0.3) is 0 Å². The summed E-state index contributed by atoms with van der Waals surface area (Å²) in [5.74, 6) is 0.941. The number of nitrogens with one attached hydrogen (secondary N) is 1. The van der Waals surface area contributed by atoms with Gasteiger partial charge in [0.15, 0.2) is 0 Å². The third kappa shape index (κ3) is 4.65. The van der Waals surface area contributed by atoms with Gasteiger partial charge in [0.05, 0.1) is 0 Å². The predicted molar refractivity (Wildman–Crippen MR) is 101 cm³/mol. The van der Waals surface area contributed by atoms with Crippen molar-refractivity contribution in [2.45, 2.75) is 13.8 Å². The van der Waals surface area contributed by atoms with E-state index >= 15 is 0 Å². The molecule has 3 aromatic carbocycles. The molecule has 0 aliphatic carbocycles. The smallest absolute Gasteiger partial charge is 0.400 e. The fourth-order valence-corrected chi connectivity index (χ4v) is 3.66. The Labute approximate surface area is 148 Å². The molecule has 0 heterocycles. The molecule has 0 unspecified atom stereocenters. The summed E-state index contributed by atoms with van der Waals surface area (Å²) >= 11 is 0. The molecule has 0 atom stereocenters. The van der Waals surface area contributed by atoms with E-state index in [1.165, 1.54) is 0 Å². The molecule has 1 N–H and O–H groups in total. The fraction of sp³-hybridized carbons (Fsp3) is 0.100. The Morgan fingerprint density at radius 3 is 1.72 bits per heavy atom. The van der Waals surface area contributed by atoms with Crippen molar-refractivity contribution in [3.8, 4) is 11.5 Å². The van der Waals surface area contributed by atoms with E-state index in [2.05, 4.69) is 5.09 Å². The highest BCUT2D eigenvalue weighted by molar-refractivity contribution is 7.56. The third-order valence-corrected chi connectivity index (χ3v) is 5.14. The van der Waals surface area contributed by atoms with Crippen LogP contribution in [-0.4, -0.2) is 0 Å². The van der Waals surface area contributed by atoms with E-state index in [1.54, 1.807) is 24.3 Å². The first-order valence-electron chi connectivity index (χ1n) is 7.99. The average molecular weight is 353 g/mol. The second kappa shape index (κ2) is 7.45. The maximum Gasteiger partial charge on any atom is 0.541 e. The largest absolute Gasteiger partial charge is 0.541 e. The minimum Gasteiger partial charge on any atom is -0.400 e. The summed E-state index contributed by atoms with van der Waals surface area (Å²) in [5, 5.41) is 2.93. The molecule has 0 aliphatic rings. The molecule has 0 bridgehead atoms. The Bertz CT molecular complexity index is 836. The molecular weight excluding hydrogens is 333 g/mol.